The molecule has 5 rings (SSSR count). The van der Waals surface area contributed by atoms with Crippen molar-refractivity contribution in [2.45, 2.75) is 25.5 Å². The summed E-state index contributed by atoms with van der Waals surface area (Å²) in [7, 11) is 0. The molecular weight excluding hydrogens is 486 g/mol. The molecule has 184 valence electrons. The lowest BCUT2D eigenvalue weighted by Crippen LogP contribution is -2.33. The fourth-order valence-corrected chi connectivity index (χ4v) is 3.83. The number of benzene rings is 2. The highest BCUT2D eigenvalue weighted by Gasteiger charge is 2.25. The number of nitrogens with zero attached hydrogens (tertiary/aromatic N) is 3. The van der Waals surface area contributed by atoms with Gasteiger partial charge in [-0.1, -0.05) is 23.7 Å². The van der Waals surface area contributed by atoms with E-state index in [4.69, 9.17) is 25.6 Å². The van der Waals surface area contributed by atoms with Crippen molar-refractivity contribution in [3.8, 4) is 11.6 Å². The van der Waals surface area contributed by atoms with Crippen LogP contribution in [0.15, 0.2) is 76.4 Å². The van der Waals surface area contributed by atoms with Crippen molar-refractivity contribution in [2.75, 3.05) is 17.2 Å². The molecule has 2 aromatic heterocycles. The van der Waals surface area contributed by atoms with Gasteiger partial charge in [-0.2, -0.15) is 0 Å². The third-order valence-corrected chi connectivity index (χ3v) is 5.78. The summed E-state index contributed by atoms with van der Waals surface area (Å²) in [5, 5.41) is 10.1. The van der Waals surface area contributed by atoms with Crippen molar-refractivity contribution in [2.24, 2.45) is 0 Å². The summed E-state index contributed by atoms with van der Waals surface area (Å²) in [6.45, 7) is 0.741. The van der Waals surface area contributed by atoms with Gasteiger partial charge in [-0.3, -0.25) is 14.2 Å². The molecule has 3 heterocycles. The maximum atomic E-state index is 13.4. The van der Waals surface area contributed by atoms with Gasteiger partial charge in [0, 0.05) is 23.4 Å². The van der Waals surface area contributed by atoms with Gasteiger partial charge in [0.1, 0.15) is 23.8 Å². The summed E-state index contributed by atoms with van der Waals surface area (Å²) in [5.41, 5.74) is 1.19. The normalized spacial score (nSPS) is 15.0. The monoisotopic (exact) mass is 507 g/mol. The lowest BCUT2D eigenvalue weighted by molar-refractivity contribution is -0.124. The quantitative estimate of drug-likeness (QED) is 0.355. The summed E-state index contributed by atoms with van der Waals surface area (Å²) < 4.78 is 17.2. The number of hydrogen-bond acceptors (Lipinski definition) is 8. The number of ether oxygens (including phenoxy) is 2. The van der Waals surface area contributed by atoms with Crippen molar-refractivity contribution >= 4 is 34.8 Å². The molecule has 2 aromatic carbocycles. The van der Waals surface area contributed by atoms with Crippen LogP contribution < -0.4 is 20.9 Å². The molecule has 1 aliphatic heterocycles. The number of aromatic nitrogens is 3. The summed E-state index contributed by atoms with van der Waals surface area (Å²) in [4.78, 5) is 30.4. The number of nitrogens with one attached hydrogen (secondary N) is 2. The fraction of sp³-hybridized carbons (Fsp3) is 0.200. The summed E-state index contributed by atoms with van der Waals surface area (Å²) in [5.74, 6) is 0.853. The minimum Gasteiger partial charge on any atom is -0.436 e. The molecule has 0 bridgehead atoms. The zero-order valence-corrected chi connectivity index (χ0v) is 19.8. The van der Waals surface area contributed by atoms with E-state index in [1.54, 1.807) is 42.5 Å². The SMILES string of the molecule is O=C(Nc1cnc(Nc2ccc(Oc3ccon3)cc2)n(Cc2ccc(Cl)cc2)c1=O)[C@@H]1CCCO1. The Balaban J connectivity index is 1.40. The third-order valence-electron chi connectivity index (χ3n) is 5.53. The van der Waals surface area contributed by atoms with Gasteiger partial charge >= 0.3 is 0 Å². The van der Waals surface area contributed by atoms with Gasteiger partial charge in [0.2, 0.25) is 5.95 Å². The minimum atomic E-state index is -0.565. The first kappa shape index (κ1) is 23.6. The van der Waals surface area contributed by atoms with Gasteiger partial charge in [-0.25, -0.2) is 4.98 Å². The molecule has 0 unspecified atom stereocenters. The summed E-state index contributed by atoms with van der Waals surface area (Å²) in [6.07, 6.45) is 3.63. The Kier molecular flexibility index (Phi) is 6.96. The molecular formula is C25H22ClN5O5. The van der Waals surface area contributed by atoms with Crippen LogP contribution in [0.4, 0.5) is 17.3 Å². The Morgan fingerprint density at radius 1 is 1.14 bits per heavy atom. The molecule has 1 amide bonds. The number of rotatable bonds is 8. The van der Waals surface area contributed by atoms with E-state index in [0.717, 1.165) is 12.0 Å². The molecule has 11 heteroatoms. The molecule has 1 atom stereocenters. The Hall–Kier alpha value is -4.15. The first-order valence-corrected chi connectivity index (χ1v) is 11.6. The highest BCUT2D eigenvalue weighted by atomic mass is 35.5. The lowest BCUT2D eigenvalue weighted by Gasteiger charge is -2.16. The van der Waals surface area contributed by atoms with Crippen LogP contribution in [0.25, 0.3) is 0 Å². The van der Waals surface area contributed by atoms with Crippen LogP contribution in [0.2, 0.25) is 5.02 Å². The first-order chi connectivity index (χ1) is 17.5. The van der Waals surface area contributed by atoms with E-state index in [0.29, 0.717) is 41.3 Å². The Bertz CT molecular complexity index is 1380. The Morgan fingerprint density at radius 3 is 2.64 bits per heavy atom. The van der Waals surface area contributed by atoms with Gasteiger partial charge in [0.05, 0.1) is 12.7 Å². The summed E-state index contributed by atoms with van der Waals surface area (Å²) >= 11 is 6.01. The number of carbonyl (C=O) groups is 1. The van der Waals surface area contributed by atoms with E-state index < -0.39 is 11.7 Å². The average molecular weight is 508 g/mol. The van der Waals surface area contributed by atoms with Crippen LogP contribution in [-0.2, 0) is 16.1 Å². The number of halogens is 1. The summed E-state index contributed by atoms with van der Waals surface area (Å²) in [6, 6.07) is 15.8. The first-order valence-electron chi connectivity index (χ1n) is 11.3. The molecule has 0 aliphatic carbocycles. The van der Waals surface area contributed by atoms with Crippen molar-refractivity contribution < 1.29 is 18.8 Å². The Labute approximate surface area is 210 Å². The molecule has 1 fully saturated rings. The molecule has 0 saturated carbocycles. The molecule has 0 radical (unpaired) electrons. The Morgan fingerprint density at radius 2 is 1.94 bits per heavy atom. The van der Waals surface area contributed by atoms with Crippen LogP contribution in [0, 0.1) is 0 Å². The highest BCUT2D eigenvalue weighted by molar-refractivity contribution is 6.30. The van der Waals surface area contributed by atoms with Crippen LogP contribution >= 0.6 is 11.6 Å². The van der Waals surface area contributed by atoms with Crippen LogP contribution in [-0.4, -0.2) is 33.3 Å². The van der Waals surface area contributed by atoms with Gasteiger partial charge < -0.3 is 24.6 Å². The van der Waals surface area contributed by atoms with Crippen molar-refractivity contribution in [3.05, 3.63) is 88.0 Å². The predicted molar refractivity (Wildman–Crippen MR) is 133 cm³/mol. The maximum absolute atomic E-state index is 13.4. The second-order valence-electron chi connectivity index (χ2n) is 8.09. The fourth-order valence-electron chi connectivity index (χ4n) is 3.70. The van der Waals surface area contributed by atoms with Gasteiger partial charge in [0.25, 0.3) is 17.3 Å². The molecule has 1 aliphatic rings. The average Bonchev–Trinajstić information content (AvgIpc) is 3.60. The van der Waals surface area contributed by atoms with Crippen LogP contribution in [0.3, 0.4) is 0 Å². The zero-order valence-electron chi connectivity index (χ0n) is 19.0. The number of hydrogen-bond donors (Lipinski definition) is 2. The number of carbonyl (C=O) groups excluding carboxylic acids is 1. The van der Waals surface area contributed by atoms with Crippen molar-refractivity contribution in [3.63, 3.8) is 0 Å². The van der Waals surface area contributed by atoms with Gasteiger partial charge in [-0.05, 0) is 60.0 Å². The molecule has 1 saturated heterocycles. The van der Waals surface area contributed by atoms with Gasteiger partial charge in [0.15, 0.2) is 0 Å². The van der Waals surface area contributed by atoms with E-state index in [1.807, 2.05) is 12.1 Å². The second kappa shape index (κ2) is 10.6. The molecule has 36 heavy (non-hydrogen) atoms. The van der Waals surface area contributed by atoms with Crippen LogP contribution in [0.5, 0.6) is 11.6 Å². The standard InChI is InChI=1S/C25H22ClN5O5/c26-17-5-3-16(4-6-17)15-31-24(33)20(29-23(32)21-2-1-12-34-21)14-27-25(31)28-18-7-9-19(10-8-18)36-22-11-13-35-30-22/h3-11,13-14,21H,1-2,12,15H2,(H,27,28)(H,29,32)/t21-/m0/s1. The van der Waals surface area contributed by atoms with E-state index in [-0.39, 0.29) is 18.1 Å². The molecule has 4 aromatic rings. The highest BCUT2D eigenvalue weighted by Crippen LogP contribution is 2.23. The third kappa shape index (κ3) is 5.56. The van der Waals surface area contributed by atoms with E-state index in [1.165, 1.54) is 17.0 Å². The van der Waals surface area contributed by atoms with E-state index in [2.05, 4.69) is 20.8 Å². The molecule has 10 nitrogen and oxygen atoms in total. The molecule has 0 spiro atoms. The van der Waals surface area contributed by atoms with Crippen LogP contribution in [0.1, 0.15) is 18.4 Å². The molecule has 2 N–H and O–H groups in total. The predicted octanol–water partition coefficient (Wildman–Crippen LogP) is 4.59. The van der Waals surface area contributed by atoms with E-state index >= 15 is 0 Å². The number of anilines is 3. The topological polar surface area (TPSA) is 121 Å². The number of amides is 1. The zero-order chi connectivity index (χ0) is 24.9. The smallest absolute Gasteiger partial charge is 0.279 e. The maximum Gasteiger partial charge on any atom is 0.279 e. The lowest BCUT2D eigenvalue weighted by atomic mass is 10.2. The minimum absolute atomic E-state index is 0.0753. The second-order valence-corrected chi connectivity index (χ2v) is 8.53. The van der Waals surface area contributed by atoms with Crippen molar-refractivity contribution in [1.29, 1.82) is 0 Å². The van der Waals surface area contributed by atoms with E-state index in [9.17, 15) is 9.59 Å². The largest absolute Gasteiger partial charge is 0.436 e. The van der Waals surface area contributed by atoms with Crippen molar-refractivity contribution in [1.82, 2.24) is 14.7 Å². The van der Waals surface area contributed by atoms with Gasteiger partial charge in [-0.15, -0.1) is 0 Å².